The van der Waals surface area contributed by atoms with Gasteiger partial charge in [0.05, 0.1) is 16.6 Å². The summed E-state index contributed by atoms with van der Waals surface area (Å²) < 4.78 is 38.9. The third kappa shape index (κ3) is 6.02. The second-order valence-electron chi connectivity index (χ2n) is 9.38. The van der Waals surface area contributed by atoms with Gasteiger partial charge in [-0.2, -0.15) is 13.2 Å². The zero-order valence-corrected chi connectivity index (χ0v) is 21.4. The summed E-state index contributed by atoms with van der Waals surface area (Å²) in [4.78, 5) is 30.2. The zero-order valence-electron chi connectivity index (χ0n) is 21.4. The van der Waals surface area contributed by atoms with Gasteiger partial charge in [0.25, 0.3) is 11.8 Å². The van der Waals surface area contributed by atoms with Crippen LogP contribution in [0.15, 0.2) is 103 Å². The van der Waals surface area contributed by atoms with Gasteiger partial charge in [0, 0.05) is 29.4 Å². The first-order chi connectivity index (χ1) is 19.2. The summed E-state index contributed by atoms with van der Waals surface area (Å²) in [5.74, 6) is -0.657. The average molecular weight is 540 g/mol. The van der Waals surface area contributed by atoms with E-state index in [1.807, 2.05) is 31.2 Å². The molecule has 0 saturated carbocycles. The van der Waals surface area contributed by atoms with E-state index >= 15 is 0 Å². The largest absolute Gasteiger partial charge is 0.416 e. The quantitative estimate of drug-likeness (QED) is 0.236. The highest BCUT2D eigenvalue weighted by atomic mass is 19.4. The number of anilines is 1. The third-order valence-corrected chi connectivity index (χ3v) is 6.43. The van der Waals surface area contributed by atoms with E-state index in [-0.39, 0.29) is 5.91 Å². The summed E-state index contributed by atoms with van der Waals surface area (Å²) >= 11 is 0. The highest BCUT2D eigenvalue weighted by Gasteiger charge is 2.30. The first kappa shape index (κ1) is 26.6. The van der Waals surface area contributed by atoms with Gasteiger partial charge in [-0.05, 0) is 60.0 Å². The molecule has 40 heavy (non-hydrogen) atoms. The molecule has 1 aromatic heterocycles. The molecule has 0 bridgehead atoms. The predicted octanol–water partition coefficient (Wildman–Crippen LogP) is 7.41. The lowest BCUT2D eigenvalue weighted by atomic mass is 9.98. The SMILES string of the molecule is Cc1cccc(CNC(=O)c2cnc3cc(NC(=O)c4ccccc4-c4ccc(C(F)(F)F)cc4)ccc3c2)c1. The molecule has 5 rings (SSSR count). The maximum atomic E-state index is 13.2. The highest BCUT2D eigenvalue weighted by Crippen LogP contribution is 2.32. The van der Waals surface area contributed by atoms with E-state index in [1.165, 1.54) is 18.3 Å². The molecule has 0 fully saturated rings. The van der Waals surface area contributed by atoms with Crippen LogP contribution in [0.2, 0.25) is 0 Å². The molecule has 0 unspecified atom stereocenters. The fraction of sp³-hybridized carbons (Fsp3) is 0.0938. The lowest BCUT2D eigenvalue weighted by Crippen LogP contribution is -2.22. The molecule has 5 nitrogen and oxygen atoms in total. The van der Waals surface area contributed by atoms with Gasteiger partial charge in [-0.25, -0.2) is 0 Å². The van der Waals surface area contributed by atoms with Gasteiger partial charge in [-0.15, -0.1) is 0 Å². The molecule has 0 radical (unpaired) electrons. The molecule has 8 heteroatoms. The average Bonchev–Trinajstić information content (AvgIpc) is 2.95. The van der Waals surface area contributed by atoms with E-state index in [0.29, 0.717) is 40.0 Å². The van der Waals surface area contributed by atoms with E-state index in [1.54, 1.807) is 48.5 Å². The molecule has 2 N–H and O–H groups in total. The Morgan fingerprint density at radius 2 is 1.60 bits per heavy atom. The minimum atomic E-state index is -4.44. The first-order valence-corrected chi connectivity index (χ1v) is 12.5. The van der Waals surface area contributed by atoms with Crippen molar-refractivity contribution < 1.29 is 22.8 Å². The van der Waals surface area contributed by atoms with Crippen molar-refractivity contribution in [1.82, 2.24) is 10.3 Å². The van der Waals surface area contributed by atoms with Crippen molar-refractivity contribution in [3.05, 3.63) is 131 Å². The van der Waals surface area contributed by atoms with E-state index in [2.05, 4.69) is 15.6 Å². The van der Waals surface area contributed by atoms with Crippen molar-refractivity contribution in [2.45, 2.75) is 19.6 Å². The van der Waals surface area contributed by atoms with Gasteiger partial charge < -0.3 is 10.6 Å². The molecule has 0 saturated heterocycles. The molecular formula is C32H24F3N3O2. The second kappa shape index (κ2) is 11.0. The summed E-state index contributed by atoms with van der Waals surface area (Å²) in [6.45, 7) is 2.39. The third-order valence-electron chi connectivity index (χ3n) is 6.43. The number of alkyl halides is 3. The lowest BCUT2D eigenvalue weighted by Gasteiger charge is -2.12. The number of carbonyl (C=O) groups excluding carboxylic acids is 2. The van der Waals surface area contributed by atoms with Crippen LogP contribution in [0.3, 0.4) is 0 Å². The standard InChI is InChI=1S/C32H24F3N3O2/c1-20-5-4-6-21(15-20)18-37-30(39)24-16-23-11-14-26(17-29(23)36-19-24)38-31(40)28-8-3-2-7-27(28)22-9-12-25(13-10-22)32(33,34)35/h2-17,19H,18H2,1H3,(H,37,39)(H,38,40). The number of hydrogen-bond donors (Lipinski definition) is 2. The molecule has 1 heterocycles. The number of halogens is 3. The molecule has 200 valence electrons. The van der Waals surface area contributed by atoms with Crippen LogP contribution in [0.5, 0.6) is 0 Å². The Labute approximate surface area is 228 Å². The Bertz CT molecular complexity index is 1710. The Morgan fingerprint density at radius 1 is 0.825 bits per heavy atom. The number of nitrogens with one attached hydrogen (secondary N) is 2. The number of carbonyl (C=O) groups is 2. The topological polar surface area (TPSA) is 71.1 Å². The normalized spacial score (nSPS) is 11.3. The minimum absolute atomic E-state index is 0.242. The van der Waals surface area contributed by atoms with Crippen LogP contribution in [0.1, 0.15) is 37.4 Å². The summed E-state index contributed by atoms with van der Waals surface area (Å²) in [6.07, 6.45) is -2.95. The Hall–Kier alpha value is -4.98. The van der Waals surface area contributed by atoms with Gasteiger partial charge in [0.2, 0.25) is 0 Å². The van der Waals surface area contributed by atoms with Crippen molar-refractivity contribution in [2.24, 2.45) is 0 Å². The van der Waals surface area contributed by atoms with Crippen molar-refractivity contribution in [2.75, 3.05) is 5.32 Å². The summed E-state index contributed by atoms with van der Waals surface area (Å²) in [5, 5.41) is 6.47. The number of benzene rings is 4. The fourth-order valence-electron chi connectivity index (χ4n) is 4.40. The predicted molar refractivity (Wildman–Crippen MR) is 149 cm³/mol. The number of amides is 2. The number of aryl methyl sites for hydroxylation is 1. The van der Waals surface area contributed by atoms with E-state index < -0.39 is 17.6 Å². The number of hydrogen-bond acceptors (Lipinski definition) is 3. The Balaban J connectivity index is 1.31. The second-order valence-corrected chi connectivity index (χ2v) is 9.38. The van der Waals surface area contributed by atoms with Crippen LogP contribution in [-0.2, 0) is 12.7 Å². The van der Waals surface area contributed by atoms with Crippen molar-refractivity contribution >= 4 is 28.4 Å². The molecule has 0 aliphatic heterocycles. The summed E-state index contributed by atoms with van der Waals surface area (Å²) in [6, 6.07) is 26.2. The maximum absolute atomic E-state index is 13.2. The Kier molecular flexibility index (Phi) is 7.33. The summed E-state index contributed by atoms with van der Waals surface area (Å²) in [5.41, 5.74) is 4.17. The highest BCUT2D eigenvalue weighted by molar-refractivity contribution is 6.09. The molecule has 0 spiro atoms. The molecule has 5 aromatic rings. The number of nitrogens with zero attached hydrogens (tertiary/aromatic N) is 1. The van der Waals surface area contributed by atoms with Gasteiger partial charge >= 0.3 is 6.18 Å². The molecule has 0 aliphatic carbocycles. The molecule has 4 aromatic carbocycles. The number of fused-ring (bicyclic) bond motifs is 1. The van der Waals surface area contributed by atoms with Crippen LogP contribution < -0.4 is 10.6 Å². The lowest BCUT2D eigenvalue weighted by molar-refractivity contribution is -0.137. The van der Waals surface area contributed by atoms with Crippen LogP contribution >= 0.6 is 0 Å². The van der Waals surface area contributed by atoms with Crippen molar-refractivity contribution in [1.29, 1.82) is 0 Å². The van der Waals surface area contributed by atoms with Crippen LogP contribution in [0.25, 0.3) is 22.0 Å². The minimum Gasteiger partial charge on any atom is -0.348 e. The van der Waals surface area contributed by atoms with Gasteiger partial charge in [0.1, 0.15) is 0 Å². The van der Waals surface area contributed by atoms with Crippen molar-refractivity contribution in [3.63, 3.8) is 0 Å². The van der Waals surface area contributed by atoms with Crippen LogP contribution in [-0.4, -0.2) is 16.8 Å². The number of aromatic nitrogens is 1. The van der Waals surface area contributed by atoms with E-state index in [9.17, 15) is 22.8 Å². The number of pyridine rings is 1. The van der Waals surface area contributed by atoms with Gasteiger partial charge in [0.15, 0.2) is 0 Å². The van der Waals surface area contributed by atoms with Crippen LogP contribution in [0, 0.1) is 6.92 Å². The van der Waals surface area contributed by atoms with Crippen molar-refractivity contribution in [3.8, 4) is 11.1 Å². The molecule has 0 aliphatic rings. The monoisotopic (exact) mass is 539 g/mol. The van der Waals surface area contributed by atoms with Crippen LogP contribution in [0.4, 0.5) is 18.9 Å². The molecule has 0 atom stereocenters. The van der Waals surface area contributed by atoms with Gasteiger partial charge in [-0.1, -0.05) is 66.2 Å². The zero-order chi connectivity index (χ0) is 28.3. The maximum Gasteiger partial charge on any atom is 0.416 e. The smallest absolute Gasteiger partial charge is 0.348 e. The summed E-state index contributed by atoms with van der Waals surface area (Å²) in [7, 11) is 0. The first-order valence-electron chi connectivity index (χ1n) is 12.5. The fourth-order valence-corrected chi connectivity index (χ4v) is 4.40. The number of rotatable bonds is 6. The Morgan fingerprint density at radius 3 is 2.35 bits per heavy atom. The molecular weight excluding hydrogens is 515 g/mol. The molecule has 2 amide bonds. The van der Waals surface area contributed by atoms with E-state index in [0.717, 1.165) is 28.6 Å². The van der Waals surface area contributed by atoms with E-state index in [4.69, 9.17) is 0 Å². The van der Waals surface area contributed by atoms with Gasteiger partial charge in [-0.3, -0.25) is 14.6 Å².